The van der Waals surface area contributed by atoms with Gasteiger partial charge in [-0.25, -0.2) is 0 Å². The van der Waals surface area contributed by atoms with Gasteiger partial charge in [-0.1, -0.05) is 43.7 Å². The largest absolute Gasteiger partial charge is 0.489 e. The molecule has 1 N–H and O–H groups in total. The Hall–Kier alpha value is -2.62. The molecule has 3 rings (SSSR count). The van der Waals surface area contributed by atoms with Crippen LogP contribution in [0.1, 0.15) is 54.1 Å². The molecule has 1 atom stereocenters. The molecule has 0 spiro atoms. The van der Waals surface area contributed by atoms with Crippen molar-refractivity contribution in [3.8, 4) is 5.75 Å². The first-order valence-corrected chi connectivity index (χ1v) is 9.10. The number of carbonyl (C=O) groups is 2. The van der Waals surface area contributed by atoms with Crippen molar-refractivity contribution >= 4 is 11.8 Å². The van der Waals surface area contributed by atoms with Crippen LogP contribution in [-0.4, -0.2) is 16.9 Å². The van der Waals surface area contributed by atoms with Crippen LogP contribution in [0.5, 0.6) is 5.75 Å². The fourth-order valence-corrected chi connectivity index (χ4v) is 3.85. The molecule has 0 fully saturated rings. The van der Waals surface area contributed by atoms with Crippen LogP contribution in [0.15, 0.2) is 48.5 Å². The number of Topliss-reactive ketones (excluding diaryl/α,β-unsaturated/α-hetero) is 1. The van der Waals surface area contributed by atoms with Crippen molar-refractivity contribution in [2.45, 2.75) is 45.6 Å². The molecule has 26 heavy (non-hydrogen) atoms. The lowest BCUT2D eigenvalue weighted by Gasteiger charge is -2.26. The molecule has 0 saturated carbocycles. The van der Waals surface area contributed by atoms with Gasteiger partial charge in [-0.15, -0.1) is 0 Å². The summed E-state index contributed by atoms with van der Waals surface area (Å²) in [6, 6.07) is 15.5. The van der Waals surface area contributed by atoms with Crippen molar-refractivity contribution in [1.29, 1.82) is 0 Å². The summed E-state index contributed by atoms with van der Waals surface area (Å²) in [4.78, 5) is 24.0. The number of carboxylic acid groups (broad SMARTS) is 1. The average Bonchev–Trinajstić information content (AvgIpc) is 2.91. The smallest absolute Gasteiger partial charge is 0.303 e. The number of ether oxygens (including phenoxy) is 1. The third kappa shape index (κ3) is 3.79. The molecule has 0 amide bonds. The summed E-state index contributed by atoms with van der Waals surface area (Å²) in [7, 11) is 0. The van der Waals surface area contributed by atoms with Gasteiger partial charge in [0.2, 0.25) is 0 Å². The van der Waals surface area contributed by atoms with E-state index in [4.69, 9.17) is 9.84 Å². The molecule has 136 valence electrons. The molecule has 1 aliphatic carbocycles. The van der Waals surface area contributed by atoms with Crippen LogP contribution >= 0.6 is 0 Å². The fraction of sp³-hybridized carbons (Fsp3) is 0.364. The molecule has 0 heterocycles. The first-order valence-electron chi connectivity index (χ1n) is 9.10. The standard InChI is InChI=1S/C22H24O4/c1-2-11-22(12-10-20(23)24)14-17-13-18(8-9-19(17)21(22)25)26-15-16-6-4-3-5-7-16/h3-9,13H,2,10-12,14-15H2,1H3,(H,23,24). The molecule has 1 aliphatic rings. The second-order valence-corrected chi connectivity index (χ2v) is 7.02. The van der Waals surface area contributed by atoms with E-state index >= 15 is 0 Å². The van der Waals surface area contributed by atoms with Gasteiger partial charge >= 0.3 is 5.97 Å². The Bertz CT molecular complexity index is 797. The van der Waals surface area contributed by atoms with E-state index in [0.29, 0.717) is 25.9 Å². The van der Waals surface area contributed by atoms with E-state index in [1.54, 1.807) is 0 Å². The lowest BCUT2D eigenvalue weighted by atomic mass is 9.75. The normalized spacial score (nSPS) is 18.6. The summed E-state index contributed by atoms with van der Waals surface area (Å²) >= 11 is 0. The lowest BCUT2D eigenvalue weighted by molar-refractivity contribution is -0.137. The number of benzene rings is 2. The summed E-state index contributed by atoms with van der Waals surface area (Å²) in [6.45, 7) is 2.51. The van der Waals surface area contributed by atoms with Gasteiger partial charge in [0.05, 0.1) is 0 Å². The number of fused-ring (bicyclic) bond motifs is 1. The van der Waals surface area contributed by atoms with Crippen LogP contribution < -0.4 is 4.74 Å². The Labute approximate surface area is 153 Å². The van der Waals surface area contributed by atoms with Gasteiger partial charge in [0.25, 0.3) is 0 Å². The minimum atomic E-state index is -0.851. The first-order chi connectivity index (χ1) is 12.5. The van der Waals surface area contributed by atoms with E-state index in [1.165, 1.54) is 0 Å². The fourth-order valence-electron chi connectivity index (χ4n) is 3.85. The molecular weight excluding hydrogens is 328 g/mol. The highest BCUT2D eigenvalue weighted by Crippen LogP contribution is 2.44. The molecule has 0 bridgehead atoms. The van der Waals surface area contributed by atoms with Crippen LogP contribution in [0.25, 0.3) is 0 Å². The van der Waals surface area contributed by atoms with Crippen LogP contribution in [0, 0.1) is 5.41 Å². The van der Waals surface area contributed by atoms with Gasteiger partial charge in [0.1, 0.15) is 12.4 Å². The summed E-state index contributed by atoms with van der Waals surface area (Å²) in [6.07, 6.45) is 2.59. The maximum absolute atomic E-state index is 13.0. The zero-order valence-electron chi connectivity index (χ0n) is 15.0. The Kier molecular flexibility index (Phi) is 5.40. The van der Waals surface area contributed by atoms with E-state index in [2.05, 4.69) is 0 Å². The number of hydrogen-bond donors (Lipinski definition) is 1. The highest BCUT2D eigenvalue weighted by molar-refractivity contribution is 6.05. The van der Waals surface area contributed by atoms with Gasteiger partial charge < -0.3 is 9.84 Å². The Balaban J connectivity index is 1.77. The number of hydrogen-bond acceptors (Lipinski definition) is 3. The quantitative estimate of drug-likeness (QED) is 0.751. The van der Waals surface area contributed by atoms with E-state index in [-0.39, 0.29) is 12.2 Å². The zero-order valence-corrected chi connectivity index (χ0v) is 15.0. The zero-order chi connectivity index (χ0) is 18.6. The van der Waals surface area contributed by atoms with Gasteiger partial charge in [-0.2, -0.15) is 0 Å². The summed E-state index contributed by atoms with van der Waals surface area (Å²) in [5.74, 6) is -0.0211. The van der Waals surface area contributed by atoms with Gasteiger partial charge in [-0.3, -0.25) is 9.59 Å². The number of aliphatic carboxylic acids is 1. The maximum Gasteiger partial charge on any atom is 0.303 e. The summed E-state index contributed by atoms with van der Waals surface area (Å²) < 4.78 is 5.87. The predicted molar refractivity (Wildman–Crippen MR) is 99.5 cm³/mol. The molecule has 0 aromatic heterocycles. The minimum Gasteiger partial charge on any atom is -0.489 e. The first kappa shape index (κ1) is 18.2. The van der Waals surface area contributed by atoms with Crippen LogP contribution in [0.3, 0.4) is 0 Å². The molecule has 4 heteroatoms. The number of rotatable bonds is 8. The second kappa shape index (κ2) is 7.73. The highest BCUT2D eigenvalue weighted by atomic mass is 16.5. The Morgan fingerprint density at radius 3 is 2.62 bits per heavy atom. The van der Waals surface area contributed by atoms with Gasteiger partial charge in [0, 0.05) is 17.4 Å². The van der Waals surface area contributed by atoms with E-state index in [1.807, 2.05) is 55.5 Å². The molecular formula is C22H24O4. The summed E-state index contributed by atoms with van der Waals surface area (Å²) in [5, 5.41) is 9.05. The Morgan fingerprint density at radius 2 is 1.92 bits per heavy atom. The van der Waals surface area contributed by atoms with Crippen LogP contribution in [0.4, 0.5) is 0 Å². The number of carbonyl (C=O) groups excluding carboxylic acids is 1. The van der Waals surface area contributed by atoms with Crippen LogP contribution in [-0.2, 0) is 17.8 Å². The third-order valence-corrected chi connectivity index (χ3v) is 5.13. The lowest BCUT2D eigenvalue weighted by Crippen LogP contribution is -2.28. The van der Waals surface area contributed by atoms with E-state index < -0.39 is 11.4 Å². The molecule has 4 nitrogen and oxygen atoms in total. The van der Waals surface area contributed by atoms with Crippen molar-refractivity contribution in [3.05, 3.63) is 65.2 Å². The maximum atomic E-state index is 13.0. The van der Waals surface area contributed by atoms with Crippen molar-refractivity contribution in [2.24, 2.45) is 5.41 Å². The molecule has 0 saturated heterocycles. The monoisotopic (exact) mass is 352 g/mol. The predicted octanol–water partition coefficient (Wildman–Crippen LogP) is 4.66. The van der Waals surface area contributed by atoms with Gasteiger partial charge in [-0.05, 0) is 48.6 Å². The molecule has 2 aromatic carbocycles. The SMILES string of the molecule is CCCC1(CCC(=O)O)Cc2cc(OCc3ccccc3)ccc2C1=O. The van der Waals surface area contributed by atoms with Crippen molar-refractivity contribution in [3.63, 3.8) is 0 Å². The number of carboxylic acids is 1. The summed E-state index contributed by atoms with van der Waals surface area (Å²) in [5.41, 5.74) is 2.20. The third-order valence-electron chi connectivity index (χ3n) is 5.13. The van der Waals surface area contributed by atoms with Gasteiger partial charge in [0.15, 0.2) is 5.78 Å². The second-order valence-electron chi connectivity index (χ2n) is 7.02. The van der Waals surface area contributed by atoms with Crippen molar-refractivity contribution < 1.29 is 19.4 Å². The average molecular weight is 352 g/mol. The molecule has 0 radical (unpaired) electrons. The topological polar surface area (TPSA) is 63.6 Å². The van der Waals surface area contributed by atoms with E-state index in [9.17, 15) is 9.59 Å². The van der Waals surface area contributed by atoms with Crippen molar-refractivity contribution in [1.82, 2.24) is 0 Å². The number of ketones is 1. The minimum absolute atomic E-state index is 0.0249. The van der Waals surface area contributed by atoms with Crippen LogP contribution in [0.2, 0.25) is 0 Å². The highest BCUT2D eigenvalue weighted by Gasteiger charge is 2.44. The van der Waals surface area contributed by atoms with E-state index in [0.717, 1.165) is 28.9 Å². The van der Waals surface area contributed by atoms with Crippen molar-refractivity contribution in [2.75, 3.05) is 0 Å². The molecule has 1 unspecified atom stereocenters. The Morgan fingerprint density at radius 1 is 1.15 bits per heavy atom. The molecule has 0 aliphatic heterocycles. The molecule has 2 aromatic rings.